The number of nitrogens with zero attached hydrogens (tertiary/aromatic N) is 4. The largest absolute Gasteiger partial charge is 0.280 e. The van der Waals surface area contributed by atoms with Crippen LogP contribution < -0.4 is 0 Å². The van der Waals surface area contributed by atoms with Crippen molar-refractivity contribution in [1.29, 1.82) is 0 Å². The molecule has 0 saturated carbocycles. The summed E-state index contributed by atoms with van der Waals surface area (Å²) in [6.45, 7) is 3.99. The highest BCUT2D eigenvalue weighted by Gasteiger charge is 2.09. The first kappa shape index (κ1) is 11.6. The fourth-order valence-electron chi connectivity index (χ4n) is 2.07. The van der Waals surface area contributed by atoms with Gasteiger partial charge in [-0.25, -0.2) is 4.98 Å². The molecule has 2 aromatic heterocycles. The lowest BCUT2D eigenvalue weighted by Crippen LogP contribution is -1.88. The van der Waals surface area contributed by atoms with Crippen LogP contribution in [0.15, 0.2) is 58.8 Å². The summed E-state index contributed by atoms with van der Waals surface area (Å²) in [5, 5.41) is 8.62. The second kappa shape index (κ2) is 4.65. The minimum atomic E-state index is 0.789. The molecule has 0 aliphatic rings. The summed E-state index contributed by atoms with van der Waals surface area (Å²) in [7, 11) is 0. The number of hydrogen-bond acceptors (Lipinski definition) is 3. The van der Waals surface area contributed by atoms with E-state index in [0.29, 0.717) is 0 Å². The Hall–Kier alpha value is -2.49. The van der Waals surface area contributed by atoms with Crippen molar-refractivity contribution < 1.29 is 0 Å². The van der Waals surface area contributed by atoms with Gasteiger partial charge in [-0.3, -0.25) is 4.40 Å². The summed E-state index contributed by atoms with van der Waals surface area (Å²) < 4.78 is 2.02. The minimum absolute atomic E-state index is 0.789. The van der Waals surface area contributed by atoms with Crippen LogP contribution in [0.25, 0.3) is 5.65 Å². The summed E-state index contributed by atoms with van der Waals surface area (Å²) in [4.78, 5) is 4.50. The van der Waals surface area contributed by atoms with Gasteiger partial charge in [0.2, 0.25) is 0 Å². The zero-order valence-corrected chi connectivity index (χ0v) is 10.9. The quantitative estimate of drug-likeness (QED) is 0.623. The van der Waals surface area contributed by atoms with E-state index >= 15 is 0 Å². The van der Waals surface area contributed by atoms with Gasteiger partial charge in [0.1, 0.15) is 5.65 Å². The van der Waals surface area contributed by atoms with Crippen LogP contribution in [0.4, 0.5) is 11.5 Å². The van der Waals surface area contributed by atoms with Crippen LogP contribution in [-0.4, -0.2) is 9.38 Å². The monoisotopic (exact) mass is 250 g/mol. The first-order chi connectivity index (χ1) is 9.25. The summed E-state index contributed by atoms with van der Waals surface area (Å²) in [5.41, 5.74) is 3.72. The Labute approximate surface area is 111 Å². The van der Waals surface area contributed by atoms with Gasteiger partial charge in [0.05, 0.1) is 11.4 Å². The molecule has 0 N–H and O–H groups in total. The smallest absolute Gasteiger partial charge is 0.182 e. The molecule has 0 amide bonds. The van der Waals surface area contributed by atoms with Crippen LogP contribution in [0.5, 0.6) is 0 Å². The van der Waals surface area contributed by atoms with Gasteiger partial charge in [0.15, 0.2) is 5.82 Å². The topological polar surface area (TPSA) is 42.0 Å². The fraction of sp³-hybridized carbons (Fsp3) is 0.133. The third-order valence-corrected chi connectivity index (χ3v) is 3.00. The summed E-state index contributed by atoms with van der Waals surface area (Å²) in [6, 6.07) is 15.7. The van der Waals surface area contributed by atoms with E-state index in [1.807, 2.05) is 66.8 Å². The van der Waals surface area contributed by atoms with Gasteiger partial charge in [0.25, 0.3) is 0 Å². The van der Waals surface area contributed by atoms with Gasteiger partial charge < -0.3 is 0 Å². The molecule has 2 heterocycles. The molecule has 0 bridgehead atoms. The van der Waals surface area contributed by atoms with Crippen molar-refractivity contribution >= 4 is 17.2 Å². The van der Waals surface area contributed by atoms with Crippen LogP contribution in [0.1, 0.15) is 11.4 Å². The molecule has 94 valence electrons. The predicted molar refractivity (Wildman–Crippen MR) is 75.3 cm³/mol. The Kier molecular flexibility index (Phi) is 2.83. The summed E-state index contributed by atoms with van der Waals surface area (Å²) in [5.74, 6) is 0.789. The Balaban J connectivity index is 2.11. The number of benzene rings is 1. The summed E-state index contributed by atoms with van der Waals surface area (Å²) >= 11 is 0. The molecule has 0 radical (unpaired) electrons. The van der Waals surface area contributed by atoms with Gasteiger partial charge in [-0.05, 0) is 38.1 Å². The van der Waals surface area contributed by atoms with E-state index in [0.717, 1.165) is 28.5 Å². The van der Waals surface area contributed by atoms with Crippen molar-refractivity contribution in [2.75, 3.05) is 0 Å². The number of aromatic nitrogens is 2. The highest BCUT2D eigenvalue weighted by atomic mass is 15.2. The van der Waals surface area contributed by atoms with Crippen molar-refractivity contribution in [3.05, 3.63) is 59.9 Å². The molecule has 0 fully saturated rings. The highest BCUT2D eigenvalue weighted by Crippen LogP contribution is 2.24. The highest BCUT2D eigenvalue weighted by molar-refractivity contribution is 5.53. The van der Waals surface area contributed by atoms with Crippen molar-refractivity contribution in [1.82, 2.24) is 9.38 Å². The molecular weight excluding hydrogens is 236 g/mol. The number of fused-ring (bicyclic) bond motifs is 1. The number of hydrogen-bond donors (Lipinski definition) is 0. The van der Waals surface area contributed by atoms with Gasteiger partial charge in [0, 0.05) is 5.69 Å². The van der Waals surface area contributed by atoms with E-state index in [-0.39, 0.29) is 0 Å². The number of rotatable bonds is 2. The molecule has 0 spiro atoms. The van der Waals surface area contributed by atoms with Crippen molar-refractivity contribution in [3.63, 3.8) is 0 Å². The van der Waals surface area contributed by atoms with Crippen LogP contribution in [0, 0.1) is 13.8 Å². The van der Waals surface area contributed by atoms with Gasteiger partial charge in [-0.1, -0.05) is 24.3 Å². The number of azo groups is 1. The molecular formula is C15H14N4. The number of pyridine rings is 1. The average molecular weight is 250 g/mol. The summed E-state index contributed by atoms with van der Waals surface area (Å²) in [6.07, 6.45) is 0. The van der Waals surface area contributed by atoms with Crippen LogP contribution in [0.2, 0.25) is 0 Å². The van der Waals surface area contributed by atoms with E-state index in [9.17, 15) is 0 Å². The number of aryl methyl sites for hydroxylation is 2. The first-order valence-corrected chi connectivity index (χ1v) is 6.17. The van der Waals surface area contributed by atoms with Crippen LogP contribution >= 0.6 is 0 Å². The molecule has 0 saturated heterocycles. The Morgan fingerprint density at radius 2 is 1.68 bits per heavy atom. The van der Waals surface area contributed by atoms with E-state index < -0.39 is 0 Å². The molecule has 0 atom stereocenters. The first-order valence-electron chi connectivity index (χ1n) is 6.17. The van der Waals surface area contributed by atoms with E-state index in [4.69, 9.17) is 0 Å². The molecule has 1 aromatic carbocycles. The molecule has 4 nitrogen and oxygen atoms in total. The zero-order valence-electron chi connectivity index (χ0n) is 10.9. The Bertz CT molecular complexity index is 741. The van der Waals surface area contributed by atoms with Gasteiger partial charge in [-0.15, -0.1) is 10.2 Å². The zero-order chi connectivity index (χ0) is 13.2. The Morgan fingerprint density at radius 1 is 0.895 bits per heavy atom. The second-order valence-electron chi connectivity index (χ2n) is 4.42. The second-order valence-corrected chi connectivity index (χ2v) is 4.42. The SMILES string of the molecule is Cc1nc2cccc(C)n2c1N=Nc1ccccc1. The van der Waals surface area contributed by atoms with E-state index in [1.165, 1.54) is 0 Å². The predicted octanol–water partition coefficient (Wildman–Crippen LogP) is 4.37. The lowest BCUT2D eigenvalue weighted by atomic mass is 10.3. The third kappa shape index (κ3) is 2.12. The van der Waals surface area contributed by atoms with Gasteiger partial charge >= 0.3 is 0 Å². The van der Waals surface area contributed by atoms with Gasteiger partial charge in [-0.2, -0.15) is 0 Å². The molecule has 4 heteroatoms. The molecule has 3 rings (SSSR count). The lowest BCUT2D eigenvalue weighted by molar-refractivity contribution is 1.04. The van der Waals surface area contributed by atoms with E-state index in [2.05, 4.69) is 15.2 Å². The maximum absolute atomic E-state index is 4.50. The van der Waals surface area contributed by atoms with Crippen molar-refractivity contribution in [2.45, 2.75) is 13.8 Å². The maximum Gasteiger partial charge on any atom is 0.182 e. The van der Waals surface area contributed by atoms with E-state index in [1.54, 1.807) is 0 Å². The van der Waals surface area contributed by atoms with Crippen molar-refractivity contribution in [3.8, 4) is 0 Å². The minimum Gasteiger partial charge on any atom is -0.280 e. The third-order valence-electron chi connectivity index (χ3n) is 3.00. The molecule has 0 aliphatic heterocycles. The fourth-order valence-corrected chi connectivity index (χ4v) is 2.07. The molecule has 19 heavy (non-hydrogen) atoms. The molecule has 0 aliphatic carbocycles. The lowest BCUT2D eigenvalue weighted by Gasteiger charge is -2.00. The molecule has 3 aromatic rings. The number of imidazole rings is 1. The molecule has 0 unspecified atom stereocenters. The van der Waals surface area contributed by atoms with Crippen molar-refractivity contribution in [2.24, 2.45) is 10.2 Å². The van der Waals surface area contributed by atoms with Crippen LogP contribution in [-0.2, 0) is 0 Å². The Morgan fingerprint density at radius 3 is 2.47 bits per heavy atom. The standard InChI is InChI=1S/C15H14N4/c1-11-7-6-10-14-16-12(2)15(19(11)14)18-17-13-8-4-3-5-9-13/h3-10H,1-2H3. The normalized spacial score (nSPS) is 11.5. The van der Waals surface area contributed by atoms with Crippen LogP contribution in [0.3, 0.4) is 0 Å². The average Bonchev–Trinajstić information content (AvgIpc) is 2.75. The maximum atomic E-state index is 4.50.